The minimum Gasteiger partial charge on any atom is -0.478 e. The number of carbonyl (C=O) groups excluding carboxylic acids is 2. The molecule has 0 saturated heterocycles. The molecule has 1 atom stereocenters. The minimum atomic E-state index is -1.50. The number of carboxylic acids is 1. The van der Waals surface area contributed by atoms with Gasteiger partial charge in [0.2, 0.25) is 0 Å². The van der Waals surface area contributed by atoms with Gasteiger partial charge in [0.25, 0.3) is 5.91 Å². The molecule has 0 radical (unpaired) electrons. The monoisotopic (exact) mass is 283 g/mol. The van der Waals surface area contributed by atoms with E-state index in [1.54, 1.807) is 6.92 Å². The molecule has 0 spiro atoms. The van der Waals surface area contributed by atoms with Gasteiger partial charge in [-0.2, -0.15) is 0 Å². The number of rotatable bonds is 5. The number of amides is 1. The number of esters is 1. The van der Waals surface area contributed by atoms with Crippen LogP contribution in [0.15, 0.2) is 18.2 Å². The molecule has 1 aromatic rings. The van der Waals surface area contributed by atoms with Gasteiger partial charge >= 0.3 is 11.9 Å². The molecule has 7 heteroatoms. The zero-order valence-corrected chi connectivity index (χ0v) is 11.0. The van der Waals surface area contributed by atoms with Gasteiger partial charge in [-0.05, 0) is 18.6 Å². The van der Waals surface area contributed by atoms with Crippen LogP contribution in [-0.4, -0.2) is 29.1 Å². The van der Waals surface area contributed by atoms with E-state index in [0.29, 0.717) is 0 Å². The maximum Gasteiger partial charge on any atom is 0.340 e. The molecule has 0 heterocycles. The van der Waals surface area contributed by atoms with Gasteiger partial charge < -0.3 is 15.2 Å². The lowest BCUT2D eigenvalue weighted by Crippen LogP contribution is -2.32. The Hall–Kier alpha value is -2.44. The van der Waals surface area contributed by atoms with Crippen molar-refractivity contribution in [1.29, 1.82) is 0 Å². The maximum atomic E-state index is 13.4. The summed E-state index contributed by atoms with van der Waals surface area (Å²) in [4.78, 5) is 33.7. The van der Waals surface area contributed by atoms with Gasteiger partial charge in [-0.3, -0.25) is 9.59 Å². The number of nitrogens with one attached hydrogen (secondary N) is 1. The zero-order valence-electron chi connectivity index (χ0n) is 11.0. The fourth-order valence-corrected chi connectivity index (χ4v) is 1.58. The molecular weight excluding hydrogens is 269 g/mol. The highest BCUT2D eigenvalue weighted by molar-refractivity contribution is 6.02. The van der Waals surface area contributed by atoms with Crippen molar-refractivity contribution in [3.63, 3.8) is 0 Å². The Morgan fingerprint density at radius 1 is 1.40 bits per heavy atom. The first-order valence-electron chi connectivity index (χ1n) is 5.86. The highest BCUT2D eigenvalue weighted by atomic mass is 19.1. The van der Waals surface area contributed by atoms with E-state index in [-0.39, 0.29) is 12.1 Å². The van der Waals surface area contributed by atoms with Gasteiger partial charge in [-0.25, -0.2) is 9.18 Å². The molecule has 0 saturated carbocycles. The summed E-state index contributed by atoms with van der Waals surface area (Å²) in [5.74, 6) is -3.81. The molecular formula is C13H14FNO5. The number of carbonyl (C=O) groups is 3. The van der Waals surface area contributed by atoms with Crippen LogP contribution in [0.2, 0.25) is 0 Å². The Morgan fingerprint density at radius 3 is 2.55 bits per heavy atom. The molecule has 6 nitrogen and oxygen atoms in total. The second kappa shape index (κ2) is 6.65. The lowest BCUT2D eigenvalue weighted by Gasteiger charge is -2.16. The number of aromatic carboxylic acids is 1. The molecule has 0 bridgehead atoms. The number of anilines is 1. The average molecular weight is 283 g/mol. The highest BCUT2D eigenvalue weighted by Gasteiger charge is 2.23. The van der Waals surface area contributed by atoms with E-state index >= 15 is 0 Å². The Balaban J connectivity index is 2.98. The molecule has 1 rings (SSSR count). The second-order valence-corrected chi connectivity index (χ2v) is 3.96. The fourth-order valence-electron chi connectivity index (χ4n) is 1.58. The Labute approximate surface area is 114 Å². The van der Waals surface area contributed by atoms with Crippen LogP contribution < -0.4 is 5.32 Å². The van der Waals surface area contributed by atoms with Crippen molar-refractivity contribution in [3.05, 3.63) is 29.6 Å². The Bertz CT molecular complexity index is 544. The van der Waals surface area contributed by atoms with Crippen molar-refractivity contribution in [3.8, 4) is 0 Å². The molecule has 0 fully saturated rings. The van der Waals surface area contributed by atoms with E-state index in [0.717, 1.165) is 13.0 Å². The van der Waals surface area contributed by atoms with Crippen molar-refractivity contribution in [2.24, 2.45) is 0 Å². The van der Waals surface area contributed by atoms with Gasteiger partial charge in [0, 0.05) is 6.92 Å². The summed E-state index contributed by atoms with van der Waals surface area (Å²) >= 11 is 0. The lowest BCUT2D eigenvalue weighted by atomic mass is 10.1. The van der Waals surface area contributed by atoms with Crippen molar-refractivity contribution in [2.75, 3.05) is 5.32 Å². The lowest BCUT2D eigenvalue weighted by molar-refractivity contribution is -0.152. The number of carboxylic acid groups (broad SMARTS) is 1. The molecule has 1 aromatic carbocycles. The van der Waals surface area contributed by atoms with Crippen molar-refractivity contribution < 1.29 is 28.6 Å². The molecule has 0 aliphatic heterocycles. The summed E-state index contributed by atoms with van der Waals surface area (Å²) in [6, 6.07) is 3.50. The molecule has 2 N–H and O–H groups in total. The van der Waals surface area contributed by atoms with Crippen LogP contribution in [-0.2, 0) is 14.3 Å². The molecule has 1 amide bonds. The minimum absolute atomic E-state index is 0.187. The normalized spacial score (nSPS) is 11.6. The molecule has 0 unspecified atom stereocenters. The topological polar surface area (TPSA) is 92.7 Å². The van der Waals surface area contributed by atoms with E-state index in [4.69, 9.17) is 9.84 Å². The van der Waals surface area contributed by atoms with E-state index < -0.39 is 35.3 Å². The molecule has 0 aliphatic rings. The first kappa shape index (κ1) is 15.6. The predicted molar refractivity (Wildman–Crippen MR) is 67.8 cm³/mol. The van der Waals surface area contributed by atoms with Gasteiger partial charge in [0.05, 0.1) is 5.69 Å². The van der Waals surface area contributed by atoms with Crippen LogP contribution in [0.5, 0.6) is 0 Å². The summed E-state index contributed by atoms with van der Waals surface area (Å²) in [5, 5.41) is 11.2. The Kier molecular flexibility index (Phi) is 5.19. The fraction of sp³-hybridized carbons (Fsp3) is 0.308. The summed E-state index contributed by atoms with van der Waals surface area (Å²) in [7, 11) is 0. The van der Waals surface area contributed by atoms with Crippen LogP contribution in [0, 0.1) is 5.82 Å². The molecule has 0 aliphatic carbocycles. The summed E-state index contributed by atoms with van der Waals surface area (Å²) in [5.41, 5.74) is -0.827. The summed E-state index contributed by atoms with van der Waals surface area (Å²) < 4.78 is 18.2. The van der Waals surface area contributed by atoms with E-state index in [9.17, 15) is 18.8 Å². The first-order chi connectivity index (χ1) is 9.36. The third-order valence-electron chi connectivity index (χ3n) is 2.46. The number of hydrogen-bond acceptors (Lipinski definition) is 4. The van der Waals surface area contributed by atoms with Gasteiger partial charge in [0.15, 0.2) is 6.10 Å². The van der Waals surface area contributed by atoms with Crippen LogP contribution in [0.3, 0.4) is 0 Å². The molecule has 20 heavy (non-hydrogen) atoms. The van der Waals surface area contributed by atoms with Gasteiger partial charge in [-0.15, -0.1) is 0 Å². The van der Waals surface area contributed by atoms with E-state index in [1.807, 2.05) is 0 Å². The SMILES string of the molecule is CC[C@@H](OC(C)=O)C(=O)Nc1cccc(F)c1C(=O)O. The largest absolute Gasteiger partial charge is 0.478 e. The van der Waals surface area contributed by atoms with Crippen LogP contribution in [0.25, 0.3) is 0 Å². The third kappa shape index (κ3) is 3.78. The van der Waals surface area contributed by atoms with Crippen LogP contribution >= 0.6 is 0 Å². The van der Waals surface area contributed by atoms with Gasteiger partial charge in [0.1, 0.15) is 11.4 Å². The summed E-state index contributed by atoms with van der Waals surface area (Å²) in [6.45, 7) is 2.78. The molecule has 0 aromatic heterocycles. The Morgan fingerprint density at radius 2 is 2.05 bits per heavy atom. The highest BCUT2D eigenvalue weighted by Crippen LogP contribution is 2.19. The van der Waals surface area contributed by atoms with Crippen molar-refractivity contribution >= 4 is 23.5 Å². The standard InChI is InChI=1S/C13H14FNO5/c1-3-10(20-7(2)16)12(17)15-9-6-4-5-8(14)11(9)13(18)19/h4-6,10H,3H2,1-2H3,(H,15,17)(H,18,19)/t10-/m1/s1. The average Bonchev–Trinajstić information content (AvgIpc) is 2.35. The quantitative estimate of drug-likeness (QED) is 0.804. The number of halogens is 1. The first-order valence-corrected chi connectivity index (χ1v) is 5.86. The number of benzene rings is 1. The second-order valence-electron chi connectivity index (χ2n) is 3.96. The van der Waals surface area contributed by atoms with Crippen molar-refractivity contribution in [1.82, 2.24) is 0 Å². The number of hydrogen-bond donors (Lipinski definition) is 2. The van der Waals surface area contributed by atoms with Crippen LogP contribution in [0.4, 0.5) is 10.1 Å². The molecule has 108 valence electrons. The number of ether oxygens (including phenoxy) is 1. The summed E-state index contributed by atoms with van der Waals surface area (Å²) in [6.07, 6.45) is -0.847. The van der Waals surface area contributed by atoms with E-state index in [2.05, 4.69) is 5.32 Å². The smallest absolute Gasteiger partial charge is 0.340 e. The van der Waals surface area contributed by atoms with Crippen molar-refractivity contribution in [2.45, 2.75) is 26.4 Å². The predicted octanol–water partition coefficient (Wildman–Crippen LogP) is 1.80. The third-order valence-corrected chi connectivity index (χ3v) is 2.46. The maximum absolute atomic E-state index is 13.4. The zero-order chi connectivity index (χ0) is 15.3. The van der Waals surface area contributed by atoms with Gasteiger partial charge in [-0.1, -0.05) is 13.0 Å². The van der Waals surface area contributed by atoms with Crippen LogP contribution in [0.1, 0.15) is 30.6 Å². The van der Waals surface area contributed by atoms with E-state index in [1.165, 1.54) is 12.1 Å².